The molecule has 5 nitrogen and oxygen atoms in total. The predicted molar refractivity (Wildman–Crippen MR) is 82.6 cm³/mol. The lowest BCUT2D eigenvalue weighted by Gasteiger charge is -2.37. The predicted octanol–water partition coefficient (Wildman–Crippen LogP) is 1.78. The molecule has 0 spiro atoms. The molecule has 1 fully saturated rings. The van der Waals surface area contributed by atoms with Crippen molar-refractivity contribution in [1.29, 1.82) is 0 Å². The van der Waals surface area contributed by atoms with E-state index in [9.17, 15) is 16.8 Å². The van der Waals surface area contributed by atoms with Crippen molar-refractivity contribution in [2.45, 2.75) is 24.0 Å². The maximum absolute atomic E-state index is 12.3. The fourth-order valence-corrected chi connectivity index (χ4v) is 6.04. The van der Waals surface area contributed by atoms with Crippen molar-refractivity contribution in [2.75, 3.05) is 18.8 Å². The molecule has 1 heterocycles. The lowest BCUT2D eigenvalue weighted by molar-refractivity contribution is 0.309. The van der Waals surface area contributed by atoms with E-state index >= 15 is 0 Å². The molecule has 2 rings (SSSR count). The van der Waals surface area contributed by atoms with Crippen molar-refractivity contribution < 1.29 is 16.8 Å². The van der Waals surface area contributed by atoms with Gasteiger partial charge in [-0.3, -0.25) is 0 Å². The molecule has 1 aliphatic heterocycles. The first-order chi connectivity index (χ1) is 9.63. The number of rotatable bonds is 5. The Balaban J connectivity index is 2.09. The molecule has 0 bridgehead atoms. The second-order valence-electron chi connectivity index (χ2n) is 5.62. The maximum Gasteiger partial charge on any atom is 0.243 e. The summed E-state index contributed by atoms with van der Waals surface area (Å²) in [4.78, 5) is 0.131. The molecule has 0 saturated carbocycles. The van der Waals surface area contributed by atoms with E-state index in [1.165, 1.54) is 28.6 Å². The summed E-state index contributed by atoms with van der Waals surface area (Å²) in [6, 6.07) is 5.85. The monoisotopic (exact) mass is 351 g/mol. The van der Waals surface area contributed by atoms with E-state index in [0.29, 0.717) is 5.02 Å². The minimum atomic E-state index is -3.63. The maximum atomic E-state index is 12.3. The minimum absolute atomic E-state index is 0.0278. The van der Waals surface area contributed by atoms with Gasteiger partial charge in [0.05, 0.1) is 15.9 Å². The molecule has 0 radical (unpaired) electrons. The lowest BCUT2D eigenvalue weighted by atomic mass is 10.3. The average Bonchev–Trinajstić information content (AvgIpc) is 2.24. The highest BCUT2D eigenvalue weighted by Crippen LogP contribution is 2.26. The van der Waals surface area contributed by atoms with Gasteiger partial charge in [-0.15, -0.1) is 0 Å². The van der Waals surface area contributed by atoms with Gasteiger partial charge >= 0.3 is 0 Å². The van der Waals surface area contributed by atoms with Crippen LogP contribution in [-0.4, -0.2) is 45.2 Å². The van der Waals surface area contributed by atoms with Gasteiger partial charge in [0.2, 0.25) is 10.0 Å². The van der Waals surface area contributed by atoms with E-state index in [1.807, 2.05) is 13.8 Å². The Labute approximate surface area is 130 Å². The number of benzene rings is 1. The zero-order valence-electron chi connectivity index (χ0n) is 11.9. The van der Waals surface area contributed by atoms with Crippen LogP contribution >= 0.6 is 11.6 Å². The summed E-state index contributed by atoms with van der Waals surface area (Å²) in [5.74, 6) is 0.129. The van der Waals surface area contributed by atoms with Gasteiger partial charge in [-0.1, -0.05) is 25.4 Å². The lowest BCUT2D eigenvalue weighted by Crippen LogP contribution is -2.57. The van der Waals surface area contributed by atoms with Crippen LogP contribution in [0.3, 0.4) is 0 Å². The highest BCUT2D eigenvalue weighted by molar-refractivity contribution is 7.92. The van der Waals surface area contributed by atoms with Crippen LogP contribution < -0.4 is 0 Å². The van der Waals surface area contributed by atoms with Crippen LogP contribution in [0.25, 0.3) is 0 Å². The third-order valence-electron chi connectivity index (χ3n) is 3.34. The van der Waals surface area contributed by atoms with Crippen LogP contribution in [0.4, 0.5) is 0 Å². The number of sulfone groups is 1. The van der Waals surface area contributed by atoms with Crippen molar-refractivity contribution in [2.24, 2.45) is 5.92 Å². The summed E-state index contributed by atoms with van der Waals surface area (Å²) in [6.45, 7) is 3.72. The van der Waals surface area contributed by atoms with Gasteiger partial charge in [-0.25, -0.2) is 16.8 Å². The summed E-state index contributed by atoms with van der Waals surface area (Å²) in [7, 11) is -6.86. The van der Waals surface area contributed by atoms with Crippen molar-refractivity contribution in [1.82, 2.24) is 4.31 Å². The fourth-order valence-electron chi connectivity index (χ4n) is 2.18. The molecule has 8 heteroatoms. The Hall–Kier alpha value is -0.630. The molecule has 0 aliphatic carbocycles. The number of hydrogen-bond acceptors (Lipinski definition) is 4. The van der Waals surface area contributed by atoms with Gasteiger partial charge in [0.1, 0.15) is 0 Å². The molecule has 0 atom stereocenters. The van der Waals surface area contributed by atoms with Gasteiger partial charge in [0, 0.05) is 18.1 Å². The van der Waals surface area contributed by atoms with Crippen LogP contribution in [0.15, 0.2) is 29.2 Å². The smallest absolute Gasteiger partial charge is 0.228 e. The first kappa shape index (κ1) is 16.7. The van der Waals surface area contributed by atoms with Gasteiger partial charge in [-0.2, -0.15) is 4.31 Å². The molecule has 118 valence electrons. The fraction of sp³-hybridized carbons (Fsp3) is 0.538. The van der Waals surface area contributed by atoms with E-state index in [1.54, 1.807) is 0 Å². The third kappa shape index (κ3) is 3.59. The Morgan fingerprint density at radius 1 is 1.14 bits per heavy atom. The molecule has 0 N–H and O–H groups in total. The Morgan fingerprint density at radius 3 is 2.14 bits per heavy atom. The second-order valence-corrected chi connectivity index (χ2v) is 10.3. The van der Waals surface area contributed by atoms with Gasteiger partial charge in [0.25, 0.3) is 0 Å². The Kier molecular flexibility index (Phi) is 4.68. The standard InChI is InChI=1S/C13H18ClNO4S2/c1-10(2)9-20(16,17)13-7-15(8-13)21(18,19)12-5-3-11(14)4-6-12/h3-6,10,13H,7-9H2,1-2H3. The van der Waals surface area contributed by atoms with E-state index in [0.717, 1.165) is 0 Å². The summed E-state index contributed by atoms with van der Waals surface area (Å²) < 4.78 is 49.9. The van der Waals surface area contributed by atoms with E-state index in [-0.39, 0.29) is 29.7 Å². The Bertz CT molecular complexity index is 705. The third-order valence-corrected chi connectivity index (χ3v) is 7.88. The van der Waals surface area contributed by atoms with Crippen LogP contribution in [0.2, 0.25) is 5.02 Å². The second kappa shape index (κ2) is 5.87. The summed E-state index contributed by atoms with van der Waals surface area (Å²) in [6.07, 6.45) is 0. The highest BCUT2D eigenvalue weighted by atomic mass is 35.5. The zero-order chi connectivity index (χ0) is 15.8. The van der Waals surface area contributed by atoms with E-state index in [2.05, 4.69) is 0 Å². The van der Waals surface area contributed by atoms with Gasteiger partial charge in [0.15, 0.2) is 9.84 Å². The van der Waals surface area contributed by atoms with Crippen molar-refractivity contribution in [3.05, 3.63) is 29.3 Å². The van der Waals surface area contributed by atoms with Crippen molar-refractivity contribution in [3.8, 4) is 0 Å². The molecule has 1 aromatic rings. The topological polar surface area (TPSA) is 71.5 Å². The number of hydrogen-bond donors (Lipinski definition) is 0. The van der Waals surface area contributed by atoms with Crippen LogP contribution in [0.1, 0.15) is 13.8 Å². The molecule has 0 unspecified atom stereocenters. The van der Waals surface area contributed by atoms with Gasteiger partial charge in [-0.05, 0) is 30.2 Å². The molecule has 0 amide bonds. The zero-order valence-corrected chi connectivity index (χ0v) is 14.2. The molecule has 21 heavy (non-hydrogen) atoms. The SMILES string of the molecule is CC(C)CS(=O)(=O)C1CN(S(=O)(=O)c2ccc(Cl)cc2)C1. The van der Waals surface area contributed by atoms with Crippen LogP contribution in [0, 0.1) is 5.92 Å². The first-order valence-electron chi connectivity index (χ1n) is 6.60. The highest BCUT2D eigenvalue weighted by Gasteiger charge is 2.43. The van der Waals surface area contributed by atoms with Crippen LogP contribution in [-0.2, 0) is 19.9 Å². The summed E-state index contributed by atoms with van der Waals surface area (Å²) >= 11 is 5.73. The Morgan fingerprint density at radius 2 is 1.67 bits per heavy atom. The summed E-state index contributed by atoms with van der Waals surface area (Å²) in [5, 5.41) is -0.142. The molecule has 1 saturated heterocycles. The molecular formula is C13H18ClNO4S2. The van der Waals surface area contributed by atoms with Crippen molar-refractivity contribution >= 4 is 31.5 Å². The van der Waals surface area contributed by atoms with Crippen molar-refractivity contribution in [3.63, 3.8) is 0 Å². The molecule has 1 aliphatic rings. The molecule has 0 aromatic heterocycles. The number of nitrogens with zero attached hydrogens (tertiary/aromatic N) is 1. The summed E-state index contributed by atoms with van der Waals surface area (Å²) in [5.41, 5.74) is 0. The number of sulfonamides is 1. The molecular weight excluding hydrogens is 334 g/mol. The van der Waals surface area contributed by atoms with E-state index in [4.69, 9.17) is 11.6 Å². The molecule has 1 aromatic carbocycles. The minimum Gasteiger partial charge on any atom is -0.228 e. The first-order valence-corrected chi connectivity index (χ1v) is 10.1. The van der Waals surface area contributed by atoms with Crippen LogP contribution in [0.5, 0.6) is 0 Å². The average molecular weight is 352 g/mol. The van der Waals surface area contributed by atoms with E-state index < -0.39 is 25.1 Å². The quantitative estimate of drug-likeness (QED) is 0.810. The largest absolute Gasteiger partial charge is 0.243 e. The van der Waals surface area contributed by atoms with Gasteiger partial charge < -0.3 is 0 Å². The normalized spacial score (nSPS) is 17.9. The number of halogens is 1.